The fourth-order valence-electron chi connectivity index (χ4n) is 1.02. The molecule has 0 saturated carbocycles. The van der Waals surface area contributed by atoms with Crippen molar-refractivity contribution in [2.45, 2.75) is 6.10 Å². The number of ether oxygens (including phenoxy) is 2. The number of halogens is 1. The van der Waals surface area contributed by atoms with E-state index in [1.165, 1.54) is 0 Å². The van der Waals surface area contributed by atoms with Crippen molar-refractivity contribution in [2.24, 2.45) is 0 Å². The van der Waals surface area contributed by atoms with Gasteiger partial charge in [-0.1, -0.05) is 30.3 Å². The molecule has 0 heterocycles. The minimum absolute atomic E-state index is 0.503. The Morgan fingerprint density at radius 3 is 2.33 bits per heavy atom. The quantitative estimate of drug-likeness (QED) is 0.588. The van der Waals surface area contributed by atoms with Gasteiger partial charge in [0, 0.05) is 5.56 Å². The molecular formula is C10H9ClO4. The van der Waals surface area contributed by atoms with E-state index in [1.54, 1.807) is 30.3 Å². The Morgan fingerprint density at radius 2 is 1.87 bits per heavy atom. The molecule has 0 amide bonds. The molecule has 0 fully saturated rings. The van der Waals surface area contributed by atoms with E-state index in [9.17, 15) is 9.59 Å². The fraction of sp³-hybridized carbons (Fsp3) is 0.200. The van der Waals surface area contributed by atoms with Crippen molar-refractivity contribution in [1.82, 2.24) is 0 Å². The summed E-state index contributed by atoms with van der Waals surface area (Å²) >= 11 is 5.31. The first-order valence-electron chi connectivity index (χ1n) is 4.14. The third kappa shape index (κ3) is 3.25. The summed E-state index contributed by atoms with van der Waals surface area (Å²) in [7, 11) is 1.16. The second-order valence-corrected chi connectivity index (χ2v) is 3.04. The molecule has 1 rings (SSSR count). The minimum Gasteiger partial charge on any atom is -0.438 e. The summed E-state index contributed by atoms with van der Waals surface area (Å²) in [5.74, 6) is 0. The van der Waals surface area contributed by atoms with Crippen molar-refractivity contribution in [3.05, 3.63) is 35.9 Å². The molecule has 1 aromatic rings. The van der Waals surface area contributed by atoms with Crippen molar-refractivity contribution in [3.63, 3.8) is 0 Å². The summed E-state index contributed by atoms with van der Waals surface area (Å²) in [6.07, 6.45) is -2.07. The summed E-state index contributed by atoms with van der Waals surface area (Å²) in [5.41, 5.74) is 0.503. The number of carbonyl (C=O) groups excluding carboxylic acids is 2. The third-order valence-electron chi connectivity index (χ3n) is 1.69. The maximum absolute atomic E-state index is 11.0. The molecule has 0 aliphatic rings. The molecule has 15 heavy (non-hydrogen) atoms. The first-order chi connectivity index (χ1) is 7.15. The molecule has 0 unspecified atom stereocenters. The molecule has 0 radical (unpaired) electrons. The van der Waals surface area contributed by atoms with Crippen LogP contribution in [-0.4, -0.2) is 18.5 Å². The van der Waals surface area contributed by atoms with Crippen LogP contribution in [0, 0.1) is 0 Å². The topological polar surface area (TPSA) is 52.6 Å². The third-order valence-corrected chi connectivity index (χ3v) is 1.89. The van der Waals surface area contributed by atoms with Gasteiger partial charge in [-0.2, -0.15) is 0 Å². The Hall–Kier alpha value is -1.55. The van der Waals surface area contributed by atoms with Gasteiger partial charge in [0.15, 0.2) is 0 Å². The number of rotatable bonds is 3. The number of methoxy groups -OCH3 is 1. The van der Waals surface area contributed by atoms with E-state index < -0.39 is 17.5 Å². The normalized spacial score (nSPS) is 11.6. The lowest BCUT2D eigenvalue weighted by Gasteiger charge is -2.12. The second kappa shape index (κ2) is 5.36. The average molecular weight is 229 g/mol. The van der Waals surface area contributed by atoms with Crippen molar-refractivity contribution < 1.29 is 19.1 Å². The summed E-state index contributed by atoms with van der Waals surface area (Å²) in [6.45, 7) is 0. The number of benzene rings is 1. The van der Waals surface area contributed by atoms with Crippen molar-refractivity contribution in [1.29, 1.82) is 0 Å². The molecule has 5 heteroatoms. The number of carbonyl (C=O) groups is 2. The van der Waals surface area contributed by atoms with Crippen molar-refractivity contribution in [3.8, 4) is 0 Å². The largest absolute Gasteiger partial charge is 0.509 e. The standard InChI is InChI=1S/C10H9ClO4/c1-14-10(13)15-8(9(11)12)7-5-3-2-4-6-7/h2-6,8H,1H3/t8-/m0/s1. The van der Waals surface area contributed by atoms with Crippen LogP contribution in [-0.2, 0) is 14.3 Å². The van der Waals surface area contributed by atoms with Gasteiger partial charge in [-0.25, -0.2) is 4.79 Å². The zero-order chi connectivity index (χ0) is 11.3. The van der Waals surface area contributed by atoms with Gasteiger partial charge < -0.3 is 9.47 Å². The molecule has 0 bridgehead atoms. The van der Waals surface area contributed by atoms with Crippen molar-refractivity contribution >= 4 is 23.0 Å². The SMILES string of the molecule is COC(=O)O[C@H](C(=O)Cl)c1ccccc1. The van der Waals surface area contributed by atoms with Crippen LogP contribution in [0.4, 0.5) is 4.79 Å². The lowest BCUT2D eigenvalue weighted by atomic mass is 10.1. The van der Waals surface area contributed by atoms with Crippen LogP contribution in [0.5, 0.6) is 0 Å². The molecule has 1 atom stereocenters. The summed E-state index contributed by atoms with van der Waals surface area (Å²) in [4.78, 5) is 21.9. The first kappa shape index (κ1) is 11.5. The zero-order valence-corrected chi connectivity index (χ0v) is 8.73. The van der Waals surface area contributed by atoms with Gasteiger partial charge in [-0.05, 0) is 11.6 Å². The summed E-state index contributed by atoms with van der Waals surface area (Å²) < 4.78 is 8.98. The molecule has 0 spiro atoms. The van der Waals surface area contributed by atoms with Crippen LogP contribution in [0.25, 0.3) is 0 Å². The van der Waals surface area contributed by atoms with Crippen LogP contribution < -0.4 is 0 Å². The molecule has 80 valence electrons. The molecular weight excluding hydrogens is 220 g/mol. The molecule has 0 aromatic heterocycles. The van der Waals surface area contributed by atoms with Gasteiger partial charge in [-0.3, -0.25) is 4.79 Å². The van der Waals surface area contributed by atoms with Gasteiger partial charge in [-0.15, -0.1) is 0 Å². The van der Waals surface area contributed by atoms with E-state index in [4.69, 9.17) is 16.3 Å². The van der Waals surface area contributed by atoms with E-state index in [0.717, 1.165) is 7.11 Å². The first-order valence-corrected chi connectivity index (χ1v) is 4.52. The van der Waals surface area contributed by atoms with Gasteiger partial charge in [0.1, 0.15) is 0 Å². The maximum Gasteiger partial charge on any atom is 0.509 e. The van der Waals surface area contributed by atoms with Gasteiger partial charge in [0.05, 0.1) is 7.11 Å². The molecule has 0 N–H and O–H groups in total. The Morgan fingerprint density at radius 1 is 1.27 bits per heavy atom. The predicted octanol–water partition coefficient (Wildman–Crippen LogP) is 2.28. The molecule has 0 saturated heterocycles. The fourth-order valence-corrected chi connectivity index (χ4v) is 1.19. The van der Waals surface area contributed by atoms with Crippen LogP contribution in [0.15, 0.2) is 30.3 Å². The highest BCUT2D eigenvalue weighted by Gasteiger charge is 2.23. The lowest BCUT2D eigenvalue weighted by molar-refractivity contribution is -0.120. The van der Waals surface area contributed by atoms with E-state index in [-0.39, 0.29) is 0 Å². The highest BCUT2D eigenvalue weighted by molar-refractivity contribution is 6.64. The Kier molecular flexibility index (Phi) is 4.12. The zero-order valence-electron chi connectivity index (χ0n) is 7.98. The van der Waals surface area contributed by atoms with E-state index in [2.05, 4.69) is 4.74 Å². The minimum atomic E-state index is -1.12. The molecule has 1 aromatic carbocycles. The number of hydrogen-bond donors (Lipinski definition) is 0. The van der Waals surface area contributed by atoms with E-state index in [0.29, 0.717) is 5.56 Å². The molecule has 0 aliphatic carbocycles. The Labute approximate surface area is 91.7 Å². The highest BCUT2D eigenvalue weighted by atomic mass is 35.5. The smallest absolute Gasteiger partial charge is 0.438 e. The molecule has 4 nitrogen and oxygen atoms in total. The van der Waals surface area contributed by atoms with Crippen LogP contribution in [0.2, 0.25) is 0 Å². The Bertz CT molecular complexity index is 350. The lowest BCUT2D eigenvalue weighted by Crippen LogP contribution is -2.16. The van der Waals surface area contributed by atoms with Crippen LogP contribution >= 0.6 is 11.6 Å². The Balaban J connectivity index is 2.84. The monoisotopic (exact) mass is 228 g/mol. The maximum atomic E-state index is 11.0. The van der Waals surface area contributed by atoms with Gasteiger partial charge in [0.2, 0.25) is 6.10 Å². The van der Waals surface area contributed by atoms with E-state index in [1.807, 2.05) is 0 Å². The van der Waals surface area contributed by atoms with Gasteiger partial charge in [0.25, 0.3) is 5.24 Å². The van der Waals surface area contributed by atoms with Crippen LogP contribution in [0.3, 0.4) is 0 Å². The highest BCUT2D eigenvalue weighted by Crippen LogP contribution is 2.20. The van der Waals surface area contributed by atoms with E-state index >= 15 is 0 Å². The average Bonchev–Trinajstić information content (AvgIpc) is 2.26. The van der Waals surface area contributed by atoms with Gasteiger partial charge >= 0.3 is 6.16 Å². The van der Waals surface area contributed by atoms with Crippen molar-refractivity contribution in [2.75, 3.05) is 7.11 Å². The summed E-state index contributed by atoms with van der Waals surface area (Å²) in [5, 5.41) is -0.772. The predicted molar refractivity (Wildman–Crippen MR) is 53.5 cm³/mol. The number of hydrogen-bond acceptors (Lipinski definition) is 4. The summed E-state index contributed by atoms with van der Waals surface area (Å²) in [6, 6.07) is 8.46. The second-order valence-electron chi connectivity index (χ2n) is 2.67. The van der Waals surface area contributed by atoms with Crippen LogP contribution in [0.1, 0.15) is 11.7 Å². The molecule has 0 aliphatic heterocycles.